The lowest BCUT2D eigenvalue weighted by molar-refractivity contribution is -0.156. The standard InChI is InChI=1S/C38H41F3N6O6S/c39-38(40,41)30-10-9-27(20-33(30)54-19-15-43-37(52)53-24-25-6-2-1-3-7-25)34-29-23-46(35(49)36(50)51)18-13-32(29)47(44-34)22-28(48)21-45-16-11-26(12-17-45)31-8-4-5-14-42-31/h1-10,14,20,26,28,48H,11-13,15-19,21-24H2,(H,43,52)(H,50,51). The fourth-order valence-corrected chi connectivity index (χ4v) is 7.85. The number of nitrogens with zero attached hydrogens (tertiary/aromatic N) is 5. The van der Waals surface area contributed by atoms with Gasteiger partial charge in [-0.3, -0.25) is 14.5 Å². The highest BCUT2D eigenvalue weighted by Crippen LogP contribution is 2.40. The van der Waals surface area contributed by atoms with Crippen molar-refractivity contribution in [2.75, 3.05) is 38.5 Å². The van der Waals surface area contributed by atoms with Gasteiger partial charge in [-0.15, -0.1) is 11.8 Å². The van der Waals surface area contributed by atoms with E-state index in [1.165, 1.54) is 17.0 Å². The molecule has 12 nitrogen and oxygen atoms in total. The number of halogens is 3. The van der Waals surface area contributed by atoms with Crippen molar-refractivity contribution >= 4 is 29.7 Å². The number of benzene rings is 2. The molecule has 0 bridgehead atoms. The number of ether oxygens (including phenoxy) is 1. The first-order valence-corrected chi connectivity index (χ1v) is 18.7. The van der Waals surface area contributed by atoms with Crippen molar-refractivity contribution in [3.63, 3.8) is 0 Å². The Morgan fingerprint density at radius 1 is 1.00 bits per heavy atom. The maximum absolute atomic E-state index is 14.2. The molecule has 3 N–H and O–H groups in total. The molecule has 2 amide bonds. The van der Waals surface area contributed by atoms with Gasteiger partial charge in [-0.1, -0.05) is 42.5 Å². The smallest absolute Gasteiger partial charge is 0.417 e. The van der Waals surface area contributed by atoms with Crippen molar-refractivity contribution < 1.29 is 42.5 Å². The maximum Gasteiger partial charge on any atom is 0.417 e. The SMILES string of the molecule is O=C(NCCSc1cc(-c2nn(CC(O)CN3CCC(c4ccccn4)CC3)c3c2CN(C(=O)C(=O)O)CC3)ccc1C(F)(F)F)OCc1ccccc1. The minimum absolute atomic E-state index is 0.0365. The average Bonchev–Trinajstić information content (AvgIpc) is 3.53. The van der Waals surface area contributed by atoms with Crippen LogP contribution < -0.4 is 5.32 Å². The number of alkyl halides is 3. The third-order valence-electron chi connectivity index (χ3n) is 9.55. The third kappa shape index (κ3) is 9.78. The first-order valence-electron chi connectivity index (χ1n) is 17.7. The van der Waals surface area contributed by atoms with Gasteiger partial charge in [-0.2, -0.15) is 18.3 Å². The average molecular weight is 767 g/mol. The van der Waals surface area contributed by atoms with Crippen molar-refractivity contribution in [1.29, 1.82) is 0 Å². The van der Waals surface area contributed by atoms with Gasteiger partial charge in [0.2, 0.25) is 0 Å². The van der Waals surface area contributed by atoms with Crippen LogP contribution in [0.5, 0.6) is 0 Å². The number of aliphatic carboxylic acids is 1. The van der Waals surface area contributed by atoms with Gasteiger partial charge in [0.15, 0.2) is 0 Å². The molecule has 1 unspecified atom stereocenters. The van der Waals surface area contributed by atoms with Gasteiger partial charge in [-0.25, -0.2) is 9.59 Å². The Morgan fingerprint density at radius 3 is 2.46 bits per heavy atom. The van der Waals surface area contributed by atoms with E-state index in [0.717, 1.165) is 55.0 Å². The van der Waals surface area contributed by atoms with E-state index in [0.29, 0.717) is 35.0 Å². The number of carboxylic acid groups (broad SMARTS) is 1. The minimum Gasteiger partial charge on any atom is -0.474 e. The Balaban J connectivity index is 1.17. The summed E-state index contributed by atoms with van der Waals surface area (Å²) < 4.78 is 49.3. The summed E-state index contributed by atoms with van der Waals surface area (Å²) in [6.45, 7) is 2.14. The maximum atomic E-state index is 14.2. The largest absolute Gasteiger partial charge is 0.474 e. The van der Waals surface area contributed by atoms with Crippen LogP contribution in [0, 0.1) is 0 Å². The van der Waals surface area contributed by atoms with E-state index in [2.05, 4.69) is 15.2 Å². The number of pyridine rings is 1. The van der Waals surface area contributed by atoms with Gasteiger partial charge in [0.1, 0.15) is 6.61 Å². The van der Waals surface area contributed by atoms with Crippen LogP contribution in [0.15, 0.2) is 77.8 Å². The van der Waals surface area contributed by atoms with Crippen molar-refractivity contribution in [3.05, 3.63) is 101 Å². The molecule has 0 aliphatic carbocycles. The Labute approximate surface area is 314 Å². The van der Waals surface area contributed by atoms with E-state index in [1.54, 1.807) is 23.0 Å². The van der Waals surface area contributed by atoms with Crippen LogP contribution in [0.3, 0.4) is 0 Å². The van der Waals surface area contributed by atoms with Crippen LogP contribution in [-0.4, -0.2) is 97.3 Å². The lowest BCUT2D eigenvalue weighted by Gasteiger charge is -2.33. The van der Waals surface area contributed by atoms with Crippen LogP contribution in [0.1, 0.15) is 46.8 Å². The summed E-state index contributed by atoms with van der Waals surface area (Å²) in [5, 5.41) is 27.9. The number of carbonyl (C=O) groups is 3. The van der Waals surface area contributed by atoms with Crippen molar-refractivity contribution in [2.45, 2.75) is 62.1 Å². The van der Waals surface area contributed by atoms with Crippen molar-refractivity contribution in [3.8, 4) is 11.3 Å². The second kappa shape index (κ2) is 17.5. The van der Waals surface area contributed by atoms with E-state index < -0.39 is 35.8 Å². The van der Waals surface area contributed by atoms with E-state index in [1.807, 2.05) is 36.4 Å². The second-order valence-corrected chi connectivity index (χ2v) is 14.4. The molecule has 0 radical (unpaired) electrons. The van der Waals surface area contributed by atoms with E-state index in [4.69, 9.17) is 9.84 Å². The Kier molecular flexibility index (Phi) is 12.6. The Morgan fingerprint density at radius 2 is 1.76 bits per heavy atom. The fourth-order valence-electron chi connectivity index (χ4n) is 6.88. The number of carboxylic acids is 1. The number of rotatable bonds is 12. The number of nitrogens with one attached hydrogen (secondary N) is 1. The number of aliphatic hydroxyl groups is 1. The first kappa shape index (κ1) is 38.8. The predicted octanol–water partition coefficient (Wildman–Crippen LogP) is 5.19. The lowest BCUT2D eigenvalue weighted by Crippen LogP contribution is -2.41. The number of carbonyl (C=O) groups excluding carboxylic acids is 2. The first-order chi connectivity index (χ1) is 26.0. The van der Waals surface area contributed by atoms with E-state index >= 15 is 0 Å². The summed E-state index contributed by atoms with van der Waals surface area (Å²) >= 11 is 0.905. The van der Waals surface area contributed by atoms with Gasteiger partial charge in [0.25, 0.3) is 0 Å². The predicted molar refractivity (Wildman–Crippen MR) is 193 cm³/mol. The number of piperidine rings is 1. The molecule has 54 heavy (non-hydrogen) atoms. The van der Waals surface area contributed by atoms with Crippen LogP contribution >= 0.6 is 11.8 Å². The molecule has 2 aromatic heterocycles. The van der Waals surface area contributed by atoms with Gasteiger partial charge in [0, 0.05) is 71.3 Å². The number of aliphatic hydroxyl groups excluding tert-OH is 1. The number of alkyl carbamates (subject to hydrolysis) is 1. The molecule has 0 spiro atoms. The molecule has 2 aromatic carbocycles. The number of thioether (sulfide) groups is 1. The molecule has 6 rings (SSSR count). The highest BCUT2D eigenvalue weighted by molar-refractivity contribution is 7.99. The van der Waals surface area contributed by atoms with Gasteiger partial charge in [-0.05, 0) is 55.8 Å². The molecule has 0 saturated carbocycles. The zero-order valence-corrected chi connectivity index (χ0v) is 30.2. The second-order valence-electron chi connectivity index (χ2n) is 13.3. The minimum atomic E-state index is -4.66. The number of aromatic nitrogens is 3. The fraction of sp³-hybridized carbons (Fsp3) is 0.395. The molecule has 2 aliphatic heterocycles. The molecular weight excluding hydrogens is 726 g/mol. The zero-order valence-electron chi connectivity index (χ0n) is 29.4. The number of hydrogen-bond donors (Lipinski definition) is 3. The summed E-state index contributed by atoms with van der Waals surface area (Å²) in [5.41, 5.74) is 2.82. The van der Waals surface area contributed by atoms with Crippen LogP contribution in [0.2, 0.25) is 0 Å². The zero-order chi connectivity index (χ0) is 38.2. The van der Waals surface area contributed by atoms with E-state index in [9.17, 15) is 37.8 Å². The molecular formula is C38H41F3N6O6S. The summed E-state index contributed by atoms with van der Waals surface area (Å²) in [5.74, 6) is -2.25. The molecule has 286 valence electrons. The number of hydrogen-bond acceptors (Lipinski definition) is 9. The van der Waals surface area contributed by atoms with E-state index in [-0.39, 0.29) is 49.9 Å². The molecule has 1 atom stereocenters. The Hall–Kier alpha value is -4.93. The van der Waals surface area contributed by atoms with Gasteiger partial charge >= 0.3 is 24.1 Å². The normalized spacial score (nSPS) is 15.7. The molecule has 4 aromatic rings. The quantitative estimate of drug-likeness (QED) is 0.0999. The highest BCUT2D eigenvalue weighted by Gasteiger charge is 2.35. The van der Waals surface area contributed by atoms with Crippen LogP contribution in [0.4, 0.5) is 18.0 Å². The van der Waals surface area contributed by atoms with Gasteiger partial charge in [0.05, 0.1) is 30.5 Å². The number of β-amino-alcohol motifs (C(OH)–C–C–N with tert-alkyl or cyclic N) is 1. The number of amides is 2. The van der Waals surface area contributed by atoms with Crippen molar-refractivity contribution in [1.82, 2.24) is 29.9 Å². The molecule has 1 fully saturated rings. The Bertz CT molecular complexity index is 1920. The summed E-state index contributed by atoms with van der Waals surface area (Å²) in [7, 11) is 0. The third-order valence-corrected chi connectivity index (χ3v) is 10.6. The summed E-state index contributed by atoms with van der Waals surface area (Å²) in [6, 6.07) is 18.6. The van der Waals surface area contributed by atoms with Gasteiger partial charge < -0.3 is 30.1 Å². The number of fused-ring (bicyclic) bond motifs is 1. The van der Waals surface area contributed by atoms with Crippen LogP contribution in [-0.2, 0) is 46.6 Å². The summed E-state index contributed by atoms with van der Waals surface area (Å²) in [4.78, 5) is 44.0. The molecule has 16 heteroatoms. The van der Waals surface area contributed by atoms with Crippen molar-refractivity contribution in [2.24, 2.45) is 0 Å². The summed E-state index contributed by atoms with van der Waals surface area (Å²) in [6.07, 6.45) is -2.34. The lowest BCUT2D eigenvalue weighted by atomic mass is 9.93. The number of likely N-dealkylation sites (tertiary alicyclic amines) is 1. The highest BCUT2D eigenvalue weighted by atomic mass is 32.2. The molecule has 2 aliphatic rings. The topological polar surface area (TPSA) is 150 Å². The molecule has 1 saturated heterocycles. The van der Waals surface area contributed by atoms with Crippen LogP contribution in [0.25, 0.3) is 11.3 Å². The molecule has 4 heterocycles. The monoisotopic (exact) mass is 766 g/mol.